The lowest BCUT2D eigenvalue weighted by Crippen LogP contribution is -2.42. The standard InChI is InChI=1S/C44H55N8O8P/c1-29(2)52(30(3)4)61(58-25-13-24-45)60-38-36(59-42(39(38)56-9)51-28-46-37-40(51)48-43(49-41(37)53)47-27-50(5)6)26-57-44(31-14-11-10-12-15-31,32-16-20-34(54-7)21-17-32)33-18-22-35(55-8)23-19-33/h10-12,14-23,27-30,36,38-39,42H,13,25-26H2,1-9H3,(H,48,49,53). The molecule has 17 heteroatoms. The van der Waals surface area contributed by atoms with E-state index in [1.165, 1.54) is 6.33 Å². The van der Waals surface area contributed by atoms with Gasteiger partial charge in [-0.25, -0.2) is 14.6 Å². The van der Waals surface area contributed by atoms with Crippen LogP contribution in [0.2, 0.25) is 0 Å². The highest BCUT2D eigenvalue weighted by molar-refractivity contribution is 7.44. The van der Waals surface area contributed by atoms with Crippen LogP contribution in [0.5, 0.6) is 11.5 Å². The number of aromatic amines is 1. The van der Waals surface area contributed by atoms with Crippen molar-refractivity contribution in [1.29, 1.82) is 5.26 Å². The normalized spacial score (nSPS) is 18.7. The van der Waals surface area contributed by atoms with Gasteiger partial charge < -0.3 is 37.6 Å². The minimum absolute atomic E-state index is 0.0161. The average Bonchev–Trinajstić information content (AvgIpc) is 3.84. The molecule has 61 heavy (non-hydrogen) atoms. The van der Waals surface area contributed by atoms with E-state index in [1.54, 1.807) is 37.1 Å². The van der Waals surface area contributed by atoms with Gasteiger partial charge in [0.1, 0.15) is 35.4 Å². The fourth-order valence-electron chi connectivity index (χ4n) is 7.46. The maximum Gasteiger partial charge on any atom is 0.280 e. The molecule has 6 rings (SSSR count). The number of hydrogen-bond acceptors (Lipinski definition) is 13. The van der Waals surface area contributed by atoms with Crippen LogP contribution in [0.25, 0.3) is 11.2 Å². The summed E-state index contributed by atoms with van der Waals surface area (Å²) in [7, 11) is 6.69. The Hall–Kier alpha value is -5.24. The number of nitriles is 1. The van der Waals surface area contributed by atoms with Gasteiger partial charge in [-0.05, 0) is 68.7 Å². The Morgan fingerprint density at radius 3 is 2.08 bits per heavy atom. The largest absolute Gasteiger partial charge is 0.497 e. The highest BCUT2D eigenvalue weighted by Crippen LogP contribution is 2.51. The van der Waals surface area contributed by atoms with Crippen LogP contribution in [0.15, 0.2) is 95.0 Å². The third kappa shape index (κ3) is 9.95. The van der Waals surface area contributed by atoms with Crippen LogP contribution >= 0.6 is 8.53 Å². The van der Waals surface area contributed by atoms with Crippen molar-refractivity contribution < 1.29 is 32.7 Å². The van der Waals surface area contributed by atoms with E-state index in [1.807, 2.05) is 93.0 Å². The lowest BCUT2D eigenvalue weighted by atomic mass is 9.80. The van der Waals surface area contributed by atoms with Crippen molar-refractivity contribution >= 4 is 32.0 Å². The number of fused-ring (bicyclic) bond motifs is 1. The Balaban J connectivity index is 1.50. The van der Waals surface area contributed by atoms with Gasteiger partial charge in [0.05, 0.1) is 52.6 Å². The molecule has 0 saturated carbocycles. The molecule has 324 valence electrons. The summed E-state index contributed by atoms with van der Waals surface area (Å²) in [6.45, 7) is 8.44. The summed E-state index contributed by atoms with van der Waals surface area (Å²) in [4.78, 5) is 31.2. The summed E-state index contributed by atoms with van der Waals surface area (Å²) in [5.41, 5.74) is 1.25. The number of hydrogen-bond donors (Lipinski definition) is 1. The number of aromatic nitrogens is 4. The van der Waals surface area contributed by atoms with Gasteiger partial charge in [0.25, 0.3) is 14.1 Å². The Kier molecular flexibility index (Phi) is 15.3. The van der Waals surface area contributed by atoms with Crippen LogP contribution in [0.3, 0.4) is 0 Å². The Morgan fingerprint density at radius 1 is 0.934 bits per heavy atom. The summed E-state index contributed by atoms with van der Waals surface area (Å²) < 4.78 is 49.1. The van der Waals surface area contributed by atoms with E-state index in [4.69, 9.17) is 32.7 Å². The quantitative estimate of drug-likeness (QED) is 0.0281. The van der Waals surface area contributed by atoms with E-state index >= 15 is 0 Å². The number of nitrogens with zero attached hydrogens (tertiary/aromatic N) is 7. The molecule has 3 heterocycles. The highest BCUT2D eigenvalue weighted by atomic mass is 31.2. The lowest BCUT2D eigenvalue weighted by Gasteiger charge is -2.39. The fraction of sp³-hybridized carbons (Fsp3) is 0.432. The van der Waals surface area contributed by atoms with E-state index < -0.39 is 44.2 Å². The molecule has 16 nitrogen and oxygen atoms in total. The number of imidazole rings is 1. The minimum Gasteiger partial charge on any atom is -0.497 e. The number of nitrogens with one attached hydrogen (secondary N) is 1. The predicted molar refractivity (Wildman–Crippen MR) is 233 cm³/mol. The van der Waals surface area contributed by atoms with E-state index in [-0.39, 0.29) is 48.8 Å². The molecule has 1 aliphatic heterocycles. The van der Waals surface area contributed by atoms with E-state index in [2.05, 4.69) is 58.4 Å². The SMILES string of the molecule is COc1ccc(C(OCC2OC(n3cnc4c(=O)[nH]c(N=CN(C)C)nc43)C(OC)C2OP(OCCC#N)N(C(C)C)C(C)C)(c2ccccc2)c2ccc(OC)cc2)cc1. The van der Waals surface area contributed by atoms with Crippen molar-refractivity contribution in [3.8, 4) is 17.6 Å². The Morgan fingerprint density at radius 2 is 1.54 bits per heavy atom. The molecule has 1 saturated heterocycles. The van der Waals surface area contributed by atoms with Gasteiger partial charge in [-0.3, -0.25) is 14.3 Å². The summed E-state index contributed by atoms with van der Waals surface area (Å²) in [6.07, 6.45) is -0.0727. The zero-order valence-electron chi connectivity index (χ0n) is 36.1. The predicted octanol–water partition coefficient (Wildman–Crippen LogP) is 6.94. The van der Waals surface area contributed by atoms with E-state index in [9.17, 15) is 10.1 Å². The van der Waals surface area contributed by atoms with Crippen LogP contribution in [0, 0.1) is 11.3 Å². The monoisotopic (exact) mass is 854 g/mol. The van der Waals surface area contributed by atoms with Crippen LogP contribution in [0.1, 0.15) is 57.0 Å². The maximum absolute atomic E-state index is 13.3. The molecule has 0 radical (unpaired) electrons. The van der Waals surface area contributed by atoms with Crippen molar-refractivity contribution in [2.75, 3.05) is 48.6 Å². The number of H-pyrrole nitrogens is 1. The van der Waals surface area contributed by atoms with Gasteiger partial charge in [-0.2, -0.15) is 10.2 Å². The van der Waals surface area contributed by atoms with Crippen LogP contribution in [-0.2, 0) is 28.9 Å². The van der Waals surface area contributed by atoms with Gasteiger partial charge >= 0.3 is 0 Å². The van der Waals surface area contributed by atoms with Gasteiger partial charge in [-0.1, -0.05) is 54.6 Å². The molecule has 0 bridgehead atoms. The molecule has 3 aromatic carbocycles. The first-order valence-corrected chi connectivity index (χ1v) is 21.2. The molecule has 5 atom stereocenters. The van der Waals surface area contributed by atoms with Gasteiger partial charge in [0.15, 0.2) is 17.4 Å². The molecule has 2 aromatic heterocycles. The van der Waals surface area contributed by atoms with E-state index in [0.717, 1.165) is 16.7 Å². The molecule has 1 N–H and O–H groups in total. The summed E-state index contributed by atoms with van der Waals surface area (Å²) in [5, 5.41) is 9.46. The third-order valence-corrected chi connectivity index (χ3v) is 12.3. The lowest BCUT2D eigenvalue weighted by molar-refractivity contribution is -0.0938. The number of rotatable bonds is 20. The van der Waals surface area contributed by atoms with E-state index in [0.29, 0.717) is 11.5 Å². The summed E-state index contributed by atoms with van der Waals surface area (Å²) in [6, 6.07) is 27.8. The average molecular weight is 855 g/mol. The Bertz CT molecular complexity index is 2240. The van der Waals surface area contributed by atoms with Gasteiger partial charge in [-0.15, -0.1) is 0 Å². The summed E-state index contributed by atoms with van der Waals surface area (Å²) in [5.74, 6) is 1.48. The smallest absolute Gasteiger partial charge is 0.280 e. The number of benzene rings is 3. The molecule has 5 aromatic rings. The van der Waals surface area contributed by atoms with Crippen molar-refractivity contribution in [3.63, 3.8) is 0 Å². The second kappa shape index (κ2) is 20.5. The molecule has 0 aliphatic carbocycles. The minimum atomic E-state index is -1.78. The zero-order valence-corrected chi connectivity index (χ0v) is 37.0. The van der Waals surface area contributed by atoms with Crippen molar-refractivity contribution in [2.24, 2.45) is 4.99 Å². The highest BCUT2D eigenvalue weighted by Gasteiger charge is 2.51. The third-order valence-electron chi connectivity index (χ3n) is 10.2. The maximum atomic E-state index is 13.3. The molecule has 1 aliphatic rings. The molecule has 0 spiro atoms. The fourth-order valence-corrected chi connectivity index (χ4v) is 9.22. The van der Waals surface area contributed by atoms with Crippen LogP contribution in [-0.4, -0.2) is 114 Å². The molecular weight excluding hydrogens is 800 g/mol. The van der Waals surface area contributed by atoms with Crippen LogP contribution < -0.4 is 15.0 Å². The zero-order chi connectivity index (χ0) is 43.7. The molecule has 1 fully saturated rings. The first-order chi connectivity index (χ1) is 29.4. The first-order valence-electron chi connectivity index (χ1n) is 20.0. The molecular formula is C44H55N8O8P. The van der Waals surface area contributed by atoms with Crippen molar-refractivity contribution in [2.45, 2.75) is 76.3 Å². The Labute approximate surface area is 358 Å². The molecule has 5 unspecified atom stereocenters. The van der Waals surface area contributed by atoms with Crippen molar-refractivity contribution in [3.05, 3.63) is 112 Å². The number of aliphatic imine (C=N–C) groups is 1. The van der Waals surface area contributed by atoms with Crippen LogP contribution in [0.4, 0.5) is 5.95 Å². The van der Waals surface area contributed by atoms with Gasteiger partial charge in [0, 0.05) is 33.3 Å². The first kappa shape index (κ1) is 45.3. The van der Waals surface area contributed by atoms with Gasteiger partial charge in [0.2, 0.25) is 5.95 Å². The number of methoxy groups -OCH3 is 3. The second-order valence-corrected chi connectivity index (χ2v) is 16.5. The van der Waals surface area contributed by atoms with Crippen molar-refractivity contribution in [1.82, 2.24) is 29.1 Å². The summed E-state index contributed by atoms with van der Waals surface area (Å²) >= 11 is 0. The number of ether oxygens (including phenoxy) is 5. The topological polar surface area (TPSA) is 171 Å². The second-order valence-electron chi connectivity index (χ2n) is 15.1. The molecule has 0 amide bonds.